The van der Waals surface area contributed by atoms with Gasteiger partial charge in [-0.05, 0) is 55.0 Å². The molecule has 0 bridgehead atoms. The Balaban J connectivity index is 1.73. The van der Waals surface area contributed by atoms with Crippen LogP contribution in [0.4, 0.5) is 10.1 Å². The third kappa shape index (κ3) is 4.67. The van der Waals surface area contributed by atoms with E-state index < -0.39 is 0 Å². The normalized spacial score (nSPS) is 16.0. The standard InChI is InChI=1S/C22H25FN4/c1-4-18(15-26-17(3)22-24-9-5-10-25-22)13-16(2)19-7-8-20(23)21(14-19)27-11-6-12-27/h4-5,7-10,14-16H,1,6,11-13H2,2-3H3/b18-15+,26-17?. The van der Waals surface area contributed by atoms with E-state index in [2.05, 4.69) is 33.4 Å². The van der Waals surface area contributed by atoms with Crippen LogP contribution in [0, 0.1) is 5.82 Å². The van der Waals surface area contributed by atoms with Gasteiger partial charge in [0.05, 0.1) is 11.4 Å². The Kier molecular flexibility index (Phi) is 6.12. The van der Waals surface area contributed by atoms with E-state index in [9.17, 15) is 4.39 Å². The Bertz CT molecular complexity index is 854. The number of hydrogen-bond acceptors (Lipinski definition) is 4. The number of aliphatic imine (C=N–C) groups is 1. The topological polar surface area (TPSA) is 41.4 Å². The van der Waals surface area contributed by atoms with E-state index in [0.717, 1.165) is 42.8 Å². The highest BCUT2D eigenvalue weighted by Gasteiger charge is 2.19. The van der Waals surface area contributed by atoms with Gasteiger partial charge in [-0.15, -0.1) is 0 Å². The van der Waals surface area contributed by atoms with Gasteiger partial charge in [-0.1, -0.05) is 25.6 Å². The van der Waals surface area contributed by atoms with Gasteiger partial charge in [-0.25, -0.2) is 14.4 Å². The van der Waals surface area contributed by atoms with Gasteiger partial charge < -0.3 is 4.90 Å². The van der Waals surface area contributed by atoms with Crippen LogP contribution in [-0.2, 0) is 0 Å². The number of nitrogens with zero attached hydrogens (tertiary/aromatic N) is 4. The minimum Gasteiger partial charge on any atom is -0.369 e. The summed E-state index contributed by atoms with van der Waals surface area (Å²) in [5, 5.41) is 0. The molecule has 0 aliphatic carbocycles. The van der Waals surface area contributed by atoms with Crippen LogP contribution in [0.25, 0.3) is 0 Å². The van der Waals surface area contributed by atoms with Crippen molar-refractivity contribution in [3.8, 4) is 0 Å². The molecule has 1 aliphatic rings. The summed E-state index contributed by atoms with van der Waals surface area (Å²) < 4.78 is 14.1. The maximum absolute atomic E-state index is 14.1. The van der Waals surface area contributed by atoms with Crippen molar-refractivity contribution < 1.29 is 4.39 Å². The summed E-state index contributed by atoms with van der Waals surface area (Å²) in [6.07, 6.45) is 8.94. The van der Waals surface area contributed by atoms with Crippen LogP contribution < -0.4 is 4.90 Å². The molecule has 0 N–H and O–H groups in total. The highest BCUT2D eigenvalue weighted by Crippen LogP contribution is 2.30. The molecule has 1 aliphatic heterocycles. The molecule has 0 saturated carbocycles. The number of allylic oxidation sites excluding steroid dienone is 2. The fraction of sp³-hybridized carbons (Fsp3) is 0.318. The van der Waals surface area contributed by atoms with Crippen molar-refractivity contribution in [2.75, 3.05) is 18.0 Å². The third-order valence-corrected chi connectivity index (χ3v) is 4.85. The van der Waals surface area contributed by atoms with E-state index in [0.29, 0.717) is 11.5 Å². The Labute approximate surface area is 160 Å². The first-order valence-corrected chi connectivity index (χ1v) is 9.26. The monoisotopic (exact) mass is 364 g/mol. The third-order valence-electron chi connectivity index (χ3n) is 4.85. The second kappa shape index (κ2) is 8.71. The van der Waals surface area contributed by atoms with Crippen molar-refractivity contribution in [2.24, 2.45) is 4.99 Å². The summed E-state index contributed by atoms with van der Waals surface area (Å²) in [5.74, 6) is 0.703. The van der Waals surface area contributed by atoms with Crippen molar-refractivity contribution in [1.82, 2.24) is 9.97 Å². The number of rotatable bonds is 7. The van der Waals surface area contributed by atoms with Gasteiger partial charge in [0.2, 0.25) is 0 Å². The average molecular weight is 364 g/mol. The highest BCUT2D eigenvalue weighted by atomic mass is 19.1. The van der Waals surface area contributed by atoms with Crippen molar-refractivity contribution >= 4 is 11.4 Å². The number of benzene rings is 1. The molecule has 4 nitrogen and oxygen atoms in total. The lowest BCUT2D eigenvalue weighted by atomic mass is 9.93. The van der Waals surface area contributed by atoms with Gasteiger partial charge in [-0.2, -0.15) is 0 Å². The molecule has 2 aromatic rings. The largest absolute Gasteiger partial charge is 0.369 e. The first kappa shape index (κ1) is 19.0. The Morgan fingerprint density at radius 1 is 1.33 bits per heavy atom. The van der Waals surface area contributed by atoms with Gasteiger partial charge in [0.15, 0.2) is 5.82 Å². The van der Waals surface area contributed by atoms with Crippen LogP contribution in [-0.4, -0.2) is 28.8 Å². The van der Waals surface area contributed by atoms with Crippen LogP contribution in [0.3, 0.4) is 0 Å². The fourth-order valence-electron chi connectivity index (χ4n) is 3.02. The summed E-state index contributed by atoms with van der Waals surface area (Å²) in [6, 6.07) is 7.20. The Morgan fingerprint density at radius 2 is 2.07 bits per heavy atom. The SMILES string of the molecule is C=C/C(=C\N=C(C)c1ncccn1)CC(C)c1ccc(F)c(N2CCC2)c1. The number of hydrogen-bond donors (Lipinski definition) is 0. The van der Waals surface area contributed by atoms with Crippen LogP contribution in [0.15, 0.2) is 66.1 Å². The maximum Gasteiger partial charge on any atom is 0.173 e. The fourth-order valence-corrected chi connectivity index (χ4v) is 3.02. The van der Waals surface area contributed by atoms with Crippen LogP contribution in [0.1, 0.15) is 44.0 Å². The summed E-state index contributed by atoms with van der Waals surface area (Å²) in [4.78, 5) is 15.0. The molecule has 1 unspecified atom stereocenters. The first-order valence-electron chi connectivity index (χ1n) is 9.26. The lowest BCUT2D eigenvalue weighted by Gasteiger charge is -2.34. The van der Waals surface area contributed by atoms with E-state index in [4.69, 9.17) is 0 Å². The van der Waals surface area contributed by atoms with Crippen molar-refractivity contribution in [1.29, 1.82) is 0 Å². The average Bonchev–Trinajstić information content (AvgIpc) is 2.65. The maximum atomic E-state index is 14.1. The van der Waals surface area contributed by atoms with E-state index in [-0.39, 0.29) is 11.7 Å². The molecule has 3 rings (SSSR count). The van der Waals surface area contributed by atoms with Crippen molar-refractivity contribution in [3.63, 3.8) is 0 Å². The second-order valence-electron chi connectivity index (χ2n) is 6.85. The number of halogens is 1. The van der Waals surface area contributed by atoms with Crippen molar-refractivity contribution in [3.05, 3.63) is 78.3 Å². The van der Waals surface area contributed by atoms with Gasteiger partial charge in [0.25, 0.3) is 0 Å². The van der Waals surface area contributed by atoms with E-state index in [1.165, 1.54) is 0 Å². The first-order chi connectivity index (χ1) is 13.1. The molecular weight excluding hydrogens is 339 g/mol. The summed E-state index contributed by atoms with van der Waals surface area (Å²) in [7, 11) is 0. The summed E-state index contributed by atoms with van der Waals surface area (Å²) >= 11 is 0. The van der Waals surface area contributed by atoms with Crippen LogP contribution >= 0.6 is 0 Å². The predicted molar refractivity (Wildman–Crippen MR) is 109 cm³/mol. The minimum absolute atomic E-state index is 0.145. The smallest absolute Gasteiger partial charge is 0.173 e. The zero-order valence-electron chi connectivity index (χ0n) is 15.9. The molecule has 1 atom stereocenters. The summed E-state index contributed by atoms with van der Waals surface area (Å²) in [6.45, 7) is 9.79. The molecule has 1 fully saturated rings. The molecular formula is C22H25FN4. The zero-order valence-corrected chi connectivity index (χ0v) is 15.9. The van der Waals surface area contributed by atoms with Gasteiger partial charge in [-0.3, -0.25) is 4.99 Å². The molecule has 5 heteroatoms. The molecule has 0 radical (unpaired) electrons. The molecule has 27 heavy (non-hydrogen) atoms. The van der Waals surface area contributed by atoms with Gasteiger partial charge >= 0.3 is 0 Å². The zero-order chi connectivity index (χ0) is 19.2. The molecule has 1 saturated heterocycles. The van der Waals surface area contributed by atoms with E-state index >= 15 is 0 Å². The molecule has 1 aromatic carbocycles. The van der Waals surface area contributed by atoms with Crippen LogP contribution in [0.5, 0.6) is 0 Å². The Morgan fingerprint density at radius 3 is 2.70 bits per heavy atom. The lowest BCUT2D eigenvalue weighted by Crippen LogP contribution is -2.37. The quantitative estimate of drug-likeness (QED) is 0.518. The van der Waals surface area contributed by atoms with Crippen LogP contribution in [0.2, 0.25) is 0 Å². The summed E-state index contributed by atoms with van der Waals surface area (Å²) in [5.41, 5.74) is 3.61. The highest BCUT2D eigenvalue weighted by molar-refractivity contribution is 5.95. The van der Waals surface area contributed by atoms with Crippen molar-refractivity contribution in [2.45, 2.75) is 32.6 Å². The van der Waals surface area contributed by atoms with E-state index in [1.54, 1.807) is 24.5 Å². The number of aromatic nitrogens is 2. The molecule has 0 spiro atoms. The van der Waals surface area contributed by atoms with E-state index in [1.807, 2.05) is 31.3 Å². The molecule has 140 valence electrons. The lowest BCUT2D eigenvalue weighted by molar-refractivity contribution is 0.571. The second-order valence-corrected chi connectivity index (χ2v) is 6.85. The minimum atomic E-state index is -0.145. The van der Waals surface area contributed by atoms with Gasteiger partial charge in [0.1, 0.15) is 5.82 Å². The number of anilines is 1. The predicted octanol–water partition coefficient (Wildman–Crippen LogP) is 4.90. The Hall–Kier alpha value is -2.82. The molecule has 0 amide bonds. The molecule has 1 aromatic heterocycles. The molecule has 2 heterocycles. The van der Waals surface area contributed by atoms with Gasteiger partial charge in [0, 0.05) is 31.7 Å².